The van der Waals surface area contributed by atoms with E-state index < -0.39 is 6.10 Å². The monoisotopic (exact) mass is 311 g/mol. The molecule has 0 radical (unpaired) electrons. The highest BCUT2D eigenvalue weighted by atomic mass is 16.3. The number of carbonyl (C=O) groups excluding carboxylic acids is 2. The molecule has 0 aliphatic rings. The third-order valence-electron chi connectivity index (χ3n) is 3.69. The fourth-order valence-electron chi connectivity index (χ4n) is 2.28. The van der Waals surface area contributed by atoms with Gasteiger partial charge in [-0.25, -0.2) is 0 Å². The predicted octanol–water partition coefficient (Wildman–Crippen LogP) is 2.81. The number of hydrogen-bond acceptors (Lipinski definition) is 3. The lowest BCUT2D eigenvalue weighted by atomic mass is 9.98. The van der Waals surface area contributed by atoms with Crippen LogP contribution >= 0.6 is 0 Å². The number of carbonyl (C=O) groups is 2. The Morgan fingerprint density at radius 2 is 1.61 bits per heavy atom. The zero-order valence-corrected chi connectivity index (χ0v) is 13.2. The smallest absolute Gasteiger partial charge is 0.252 e. The number of aliphatic hydroxyl groups excluding tert-OH is 1. The van der Waals surface area contributed by atoms with Gasteiger partial charge in [-0.1, -0.05) is 55.5 Å². The first-order valence-corrected chi connectivity index (χ1v) is 7.78. The Morgan fingerprint density at radius 1 is 1.00 bits per heavy atom. The number of aliphatic hydroxyl groups is 1. The van der Waals surface area contributed by atoms with Crippen molar-refractivity contribution in [2.75, 3.05) is 6.54 Å². The molecule has 1 amide bonds. The first-order chi connectivity index (χ1) is 11.1. The molecule has 4 heteroatoms. The normalized spacial score (nSPS) is 11.7. The Hall–Kier alpha value is -2.46. The number of amides is 1. The molecule has 2 aromatic carbocycles. The van der Waals surface area contributed by atoms with Gasteiger partial charge in [-0.2, -0.15) is 0 Å². The van der Waals surface area contributed by atoms with Crippen LogP contribution in [0.15, 0.2) is 54.6 Å². The van der Waals surface area contributed by atoms with Crippen LogP contribution in [-0.2, 0) is 0 Å². The van der Waals surface area contributed by atoms with E-state index in [1.165, 1.54) is 0 Å². The van der Waals surface area contributed by atoms with Gasteiger partial charge in [0.05, 0.1) is 11.7 Å². The molecule has 2 N–H and O–H groups in total. The van der Waals surface area contributed by atoms with Crippen LogP contribution in [0.25, 0.3) is 0 Å². The maximum absolute atomic E-state index is 12.6. The Labute approximate surface area is 136 Å². The number of ketones is 1. The molecule has 1 unspecified atom stereocenters. The average molecular weight is 311 g/mol. The van der Waals surface area contributed by atoms with E-state index in [1.807, 2.05) is 13.0 Å². The molecule has 0 saturated heterocycles. The Morgan fingerprint density at radius 3 is 2.26 bits per heavy atom. The van der Waals surface area contributed by atoms with Crippen molar-refractivity contribution in [3.63, 3.8) is 0 Å². The molecule has 0 saturated carbocycles. The maximum Gasteiger partial charge on any atom is 0.252 e. The zero-order valence-electron chi connectivity index (χ0n) is 13.2. The van der Waals surface area contributed by atoms with Gasteiger partial charge in [0.15, 0.2) is 5.78 Å². The van der Waals surface area contributed by atoms with Crippen LogP contribution in [0, 0.1) is 0 Å². The van der Waals surface area contributed by atoms with Gasteiger partial charge in [0.1, 0.15) is 0 Å². The maximum atomic E-state index is 12.6. The van der Waals surface area contributed by atoms with Gasteiger partial charge in [0.2, 0.25) is 0 Å². The lowest BCUT2D eigenvalue weighted by Crippen LogP contribution is -2.28. The lowest BCUT2D eigenvalue weighted by molar-refractivity contribution is 0.0931. The zero-order chi connectivity index (χ0) is 16.7. The summed E-state index contributed by atoms with van der Waals surface area (Å²) < 4.78 is 0. The Bertz CT molecular complexity index is 667. The van der Waals surface area contributed by atoms with Crippen molar-refractivity contribution in [1.82, 2.24) is 5.32 Å². The summed E-state index contributed by atoms with van der Waals surface area (Å²) in [4.78, 5) is 24.9. The second-order valence-corrected chi connectivity index (χ2v) is 5.35. The van der Waals surface area contributed by atoms with E-state index in [4.69, 9.17) is 0 Å². The SMILES string of the molecule is CCC(O)CCNC(=O)c1ccccc1C(=O)c1ccccc1. The van der Waals surface area contributed by atoms with Crippen molar-refractivity contribution >= 4 is 11.7 Å². The third kappa shape index (κ3) is 4.50. The number of nitrogens with one attached hydrogen (secondary N) is 1. The molecular weight excluding hydrogens is 290 g/mol. The van der Waals surface area contributed by atoms with Crippen molar-refractivity contribution in [2.24, 2.45) is 0 Å². The summed E-state index contributed by atoms with van der Waals surface area (Å²) in [7, 11) is 0. The highest BCUT2D eigenvalue weighted by Crippen LogP contribution is 2.14. The van der Waals surface area contributed by atoms with E-state index in [2.05, 4.69) is 5.32 Å². The van der Waals surface area contributed by atoms with Gasteiger partial charge < -0.3 is 10.4 Å². The Kier molecular flexibility index (Phi) is 6.06. The van der Waals surface area contributed by atoms with Crippen molar-refractivity contribution < 1.29 is 14.7 Å². The van der Waals surface area contributed by atoms with E-state index in [9.17, 15) is 14.7 Å². The van der Waals surface area contributed by atoms with Gasteiger partial charge in [-0.05, 0) is 18.9 Å². The van der Waals surface area contributed by atoms with Gasteiger partial charge in [-0.15, -0.1) is 0 Å². The minimum Gasteiger partial charge on any atom is -0.393 e. The minimum atomic E-state index is -0.420. The van der Waals surface area contributed by atoms with Crippen LogP contribution < -0.4 is 5.32 Å². The van der Waals surface area contributed by atoms with Crippen molar-refractivity contribution in [1.29, 1.82) is 0 Å². The van der Waals surface area contributed by atoms with E-state index in [1.54, 1.807) is 48.5 Å². The molecule has 1 atom stereocenters. The number of benzene rings is 2. The minimum absolute atomic E-state index is 0.176. The van der Waals surface area contributed by atoms with Gasteiger partial charge >= 0.3 is 0 Å². The van der Waals surface area contributed by atoms with Crippen molar-refractivity contribution in [2.45, 2.75) is 25.9 Å². The van der Waals surface area contributed by atoms with Gasteiger partial charge in [-0.3, -0.25) is 9.59 Å². The summed E-state index contributed by atoms with van der Waals surface area (Å²) in [6, 6.07) is 15.7. The molecule has 0 aliphatic heterocycles. The van der Waals surface area contributed by atoms with E-state index in [0.29, 0.717) is 36.1 Å². The summed E-state index contributed by atoms with van der Waals surface area (Å²) in [6.07, 6.45) is 0.729. The molecule has 23 heavy (non-hydrogen) atoms. The third-order valence-corrected chi connectivity index (χ3v) is 3.69. The molecule has 2 aromatic rings. The summed E-state index contributed by atoms with van der Waals surface area (Å²) in [5, 5.41) is 12.3. The summed E-state index contributed by atoms with van der Waals surface area (Å²) in [6.45, 7) is 2.27. The molecule has 0 aromatic heterocycles. The molecule has 2 rings (SSSR count). The van der Waals surface area contributed by atoms with E-state index >= 15 is 0 Å². The highest BCUT2D eigenvalue weighted by molar-refractivity contribution is 6.15. The largest absolute Gasteiger partial charge is 0.393 e. The van der Waals surface area contributed by atoms with E-state index in [0.717, 1.165) is 0 Å². The van der Waals surface area contributed by atoms with Crippen LogP contribution in [-0.4, -0.2) is 29.4 Å². The molecule has 0 fully saturated rings. The topological polar surface area (TPSA) is 66.4 Å². The Balaban J connectivity index is 2.14. The summed E-state index contributed by atoms with van der Waals surface area (Å²) in [5.41, 5.74) is 1.29. The second-order valence-electron chi connectivity index (χ2n) is 5.35. The molecule has 0 spiro atoms. The molecular formula is C19H21NO3. The van der Waals surface area contributed by atoms with Crippen LogP contribution in [0.4, 0.5) is 0 Å². The first kappa shape index (κ1) is 16.9. The number of hydrogen-bond donors (Lipinski definition) is 2. The summed E-state index contributed by atoms with van der Waals surface area (Å²) in [5.74, 6) is -0.474. The first-order valence-electron chi connectivity index (χ1n) is 7.78. The standard InChI is InChI=1S/C19H21NO3/c1-2-15(21)12-13-20-19(23)17-11-7-6-10-16(17)18(22)14-8-4-3-5-9-14/h3-11,15,21H,2,12-13H2,1H3,(H,20,23). The predicted molar refractivity (Wildman–Crippen MR) is 89.6 cm³/mol. The van der Waals surface area contributed by atoms with Gasteiger partial charge in [0, 0.05) is 17.7 Å². The lowest BCUT2D eigenvalue weighted by Gasteiger charge is -2.11. The van der Waals surface area contributed by atoms with Crippen LogP contribution in [0.1, 0.15) is 46.0 Å². The number of rotatable bonds is 7. The summed E-state index contributed by atoms with van der Waals surface area (Å²) >= 11 is 0. The molecule has 120 valence electrons. The van der Waals surface area contributed by atoms with Crippen LogP contribution in [0.3, 0.4) is 0 Å². The fraction of sp³-hybridized carbons (Fsp3) is 0.263. The van der Waals surface area contributed by atoms with E-state index in [-0.39, 0.29) is 11.7 Å². The average Bonchev–Trinajstić information content (AvgIpc) is 2.61. The molecule has 0 heterocycles. The highest BCUT2D eigenvalue weighted by Gasteiger charge is 2.17. The van der Waals surface area contributed by atoms with Crippen molar-refractivity contribution in [3.05, 3.63) is 71.3 Å². The van der Waals surface area contributed by atoms with Gasteiger partial charge in [0.25, 0.3) is 5.91 Å². The second kappa shape index (κ2) is 8.25. The fourth-order valence-corrected chi connectivity index (χ4v) is 2.28. The quantitative estimate of drug-likeness (QED) is 0.773. The molecule has 4 nitrogen and oxygen atoms in total. The van der Waals surface area contributed by atoms with Crippen LogP contribution in [0.5, 0.6) is 0 Å². The molecule has 0 bridgehead atoms. The molecule has 0 aliphatic carbocycles. The van der Waals surface area contributed by atoms with Crippen molar-refractivity contribution in [3.8, 4) is 0 Å². The van der Waals surface area contributed by atoms with Crippen LogP contribution in [0.2, 0.25) is 0 Å².